The van der Waals surface area contributed by atoms with Crippen molar-refractivity contribution in [3.63, 3.8) is 0 Å². The normalized spacial score (nSPS) is 17.0. The SMILES string of the molecule is O=C(Nc1ccccc1N1CCOCC1)c1ccc(NC(=O)C2CC2)s1. The second-order valence-corrected chi connectivity index (χ2v) is 7.58. The maximum Gasteiger partial charge on any atom is 0.265 e. The van der Waals surface area contributed by atoms with Crippen LogP contribution in [0.3, 0.4) is 0 Å². The predicted octanol–water partition coefficient (Wildman–Crippen LogP) is 3.19. The Hall–Kier alpha value is -2.38. The molecule has 2 fully saturated rings. The van der Waals surface area contributed by atoms with Gasteiger partial charge < -0.3 is 20.3 Å². The summed E-state index contributed by atoms with van der Waals surface area (Å²) >= 11 is 1.30. The highest BCUT2D eigenvalue weighted by molar-refractivity contribution is 7.18. The second-order valence-electron chi connectivity index (χ2n) is 6.50. The molecule has 0 bridgehead atoms. The Kier molecular flexibility index (Phi) is 4.90. The first kappa shape index (κ1) is 17.1. The number of rotatable bonds is 5. The van der Waals surface area contributed by atoms with Crippen molar-refractivity contribution in [2.24, 2.45) is 5.92 Å². The molecule has 0 radical (unpaired) electrons. The van der Waals surface area contributed by atoms with Crippen LogP contribution in [0.2, 0.25) is 0 Å². The summed E-state index contributed by atoms with van der Waals surface area (Å²) in [5, 5.41) is 6.60. The summed E-state index contributed by atoms with van der Waals surface area (Å²) in [4.78, 5) is 27.3. The molecule has 1 aromatic carbocycles. The van der Waals surface area contributed by atoms with E-state index < -0.39 is 0 Å². The molecule has 0 unspecified atom stereocenters. The molecular weight excluding hydrogens is 350 g/mol. The van der Waals surface area contributed by atoms with Gasteiger partial charge in [0, 0.05) is 19.0 Å². The number of anilines is 3. The van der Waals surface area contributed by atoms with E-state index in [0.29, 0.717) is 23.1 Å². The van der Waals surface area contributed by atoms with Gasteiger partial charge in [0.25, 0.3) is 5.91 Å². The van der Waals surface area contributed by atoms with E-state index >= 15 is 0 Å². The fourth-order valence-electron chi connectivity index (χ4n) is 2.94. The third-order valence-corrected chi connectivity index (χ3v) is 5.53. The largest absolute Gasteiger partial charge is 0.378 e. The van der Waals surface area contributed by atoms with E-state index in [1.807, 2.05) is 24.3 Å². The smallest absolute Gasteiger partial charge is 0.265 e. The van der Waals surface area contributed by atoms with Crippen LogP contribution in [0.15, 0.2) is 36.4 Å². The van der Waals surface area contributed by atoms with Crippen molar-refractivity contribution >= 4 is 39.5 Å². The van der Waals surface area contributed by atoms with E-state index in [4.69, 9.17) is 4.74 Å². The zero-order chi connectivity index (χ0) is 17.9. The third-order valence-electron chi connectivity index (χ3n) is 4.53. The topological polar surface area (TPSA) is 70.7 Å². The lowest BCUT2D eigenvalue weighted by atomic mass is 10.2. The van der Waals surface area contributed by atoms with Gasteiger partial charge in [0.05, 0.1) is 34.5 Å². The highest BCUT2D eigenvalue weighted by Crippen LogP contribution is 2.32. The first-order chi connectivity index (χ1) is 12.7. The molecule has 1 saturated heterocycles. The Morgan fingerprint density at radius 1 is 1.04 bits per heavy atom. The monoisotopic (exact) mass is 371 g/mol. The van der Waals surface area contributed by atoms with Crippen LogP contribution in [-0.4, -0.2) is 38.1 Å². The van der Waals surface area contributed by atoms with E-state index in [2.05, 4.69) is 15.5 Å². The average molecular weight is 371 g/mol. The van der Waals surface area contributed by atoms with Gasteiger partial charge in [-0.1, -0.05) is 12.1 Å². The second kappa shape index (κ2) is 7.47. The fraction of sp³-hybridized carbons (Fsp3) is 0.368. The standard InChI is InChI=1S/C19H21N3O3S/c23-18(13-5-6-13)21-17-8-7-16(26-17)19(24)20-14-3-1-2-4-15(14)22-9-11-25-12-10-22/h1-4,7-8,13H,5-6,9-12H2,(H,20,24)(H,21,23). The van der Waals surface area contributed by atoms with Gasteiger partial charge >= 0.3 is 0 Å². The molecule has 1 aliphatic heterocycles. The number of hydrogen-bond donors (Lipinski definition) is 2. The maximum absolute atomic E-state index is 12.6. The lowest BCUT2D eigenvalue weighted by Gasteiger charge is -2.30. The van der Waals surface area contributed by atoms with Crippen LogP contribution >= 0.6 is 11.3 Å². The van der Waals surface area contributed by atoms with Gasteiger partial charge in [-0.05, 0) is 37.1 Å². The van der Waals surface area contributed by atoms with Gasteiger partial charge in [-0.2, -0.15) is 0 Å². The third kappa shape index (κ3) is 3.89. The number of ether oxygens (including phenoxy) is 1. The molecule has 26 heavy (non-hydrogen) atoms. The van der Waals surface area contributed by atoms with E-state index in [-0.39, 0.29) is 17.7 Å². The fourth-order valence-corrected chi connectivity index (χ4v) is 3.74. The van der Waals surface area contributed by atoms with Gasteiger partial charge in [0.15, 0.2) is 0 Å². The van der Waals surface area contributed by atoms with Gasteiger partial charge in [0.2, 0.25) is 5.91 Å². The number of amides is 2. The molecule has 1 aromatic heterocycles. The van der Waals surface area contributed by atoms with Crippen LogP contribution in [0.5, 0.6) is 0 Å². The number of para-hydroxylation sites is 2. The van der Waals surface area contributed by atoms with Gasteiger partial charge in [0.1, 0.15) is 0 Å². The summed E-state index contributed by atoms with van der Waals surface area (Å²) in [5.74, 6) is 0.0360. The van der Waals surface area contributed by atoms with Crippen molar-refractivity contribution in [1.29, 1.82) is 0 Å². The number of nitrogens with one attached hydrogen (secondary N) is 2. The maximum atomic E-state index is 12.6. The molecule has 0 spiro atoms. The highest BCUT2D eigenvalue weighted by atomic mass is 32.1. The van der Waals surface area contributed by atoms with Gasteiger partial charge in [-0.25, -0.2) is 0 Å². The molecule has 136 valence electrons. The van der Waals surface area contributed by atoms with Crippen molar-refractivity contribution in [3.8, 4) is 0 Å². The number of carbonyl (C=O) groups is 2. The van der Waals surface area contributed by atoms with Crippen molar-refractivity contribution in [3.05, 3.63) is 41.3 Å². The molecule has 2 aromatic rings. The molecular formula is C19H21N3O3S. The van der Waals surface area contributed by atoms with E-state index in [9.17, 15) is 9.59 Å². The van der Waals surface area contributed by atoms with Gasteiger partial charge in [-0.15, -0.1) is 11.3 Å². The molecule has 2 aliphatic rings. The summed E-state index contributed by atoms with van der Waals surface area (Å²) in [6.07, 6.45) is 1.92. The Morgan fingerprint density at radius 2 is 1.81 bits per heavy atom. The van der Waals surface area contributed by atoms with Crippen molar-refractivity contribution in [1.82, 2.24) is 0 Å². The highest BCUT2D eigenvalue weighted by Gasteiger charge is 2.30. The van der Waals surface area contributed by atoms with Crippen LogP contribution in [0.25, 0.3) is 0 Å². The molecule has 2 N–H and O–H groups in total. The molecule has 0 atom stereocenters. The Bertz CT molecular complexity index is 810. The summed E-state index contributed by atoms with van der Waals surface area (Å²) in [6.45, 7) is 3.00. The Balaban J connectivity index is 1.45. The van der Waals surface area contributed by atoms with Crippen LogP contribution in [-0.2, 0) is 9.53 Å². The number of benzene rings is 1. The van der Waals surface area contributed by atoms with E-state index in [1.54, 1.807) is 12.1 Å². The van der Waals surface area contributed by atoms with Crippen LogP contribution in [0.1, 0.15) is 22.5 Å². The van der Waals surface area contributed by atoms with Crippen LogP contribution < -0.4 is 15.5 Å². The summed E-state index contributed by atoms with van der Waals surface area (Å²) in [7, 11) is 0. The quantitative estimate of drug-likeness (QED) is 0.847. The van der Waals surface area contributed by atoms with Gasteiger partial charge in [-0.3, -0.25) is 9.59 Å². The molecule has 2 heterocycles. The molecule has 4 rings (SSSR count). The zero-order valence-electron chi connectivity index (χ0n) is 14.4. The summed E-state index contributed by atoms with van der Waals surface area (Å²) < 4.78 is 5.41. The van der Waals surface area contributed by atoms with E-state index in [0.717, 1.165) is 37.3 Å². The number of nitrogens with zero attached hydrogens (tertiary/aromatic N) is 1. The van der Waals surface area contributed by atoms with Crippen LogP contribution in [0.4, 0.5) is 16.4 Å². The lowest BCUT2D eigenvalue weighted by molar-refractivity contribution is -0.117. The first-order valence-corrected chi connectivity index (χ1v) is 9.66. The molecule has 1 saturated carbocycles. The number of hydrogen-bond acceptors (Lipinski definition) is 5. The van der Waals surface area contributed by atoms with Crippen molar-refractivity contribution < 1.29 is 14.3 Å². The number of thiophene rings is 1. The number of carbonyl (C=O) groups excluding carboxylic acids is 2. The molecule has 7 heteroatoms. The average Bonchev–Trinajstić information content (AvgIpc) is 3.42. The molecule has 1 aliphatic carbocycles. The number of morpholine rings is 1. The van der Waals surface area contributed by atoms with E-state index in [1.165, 1.54) is 11.3 Å². The minimum atomic E-state index is -0.164. The van der Waals surface area contributed by atoms with Crippen molar-refractivity contribution in [2.75, 3.05) is 41.8 Å². The minimum absolute atomic E-state index is 0.0523. The predicted molar refractivity (Wildman–Crippen MR) is 103 cm³/mol. The van der Waals surface area contributed by atoms with Crippen molar-refractivity contribution in [2.45, 2.75) is 12.8 Å². The first-order valence-electron chi connectivity index (χ1n) is 8.84. The minimum Gasteiger partial charge on any atom is -0.378 e. The van der Waals surface area contributed by atoms with Crippen LogP contribution in [0, 0.1) is 5.92 Å². The summed E-state index contributed by atoms with van der Waals surface area (Å²) in [6, 6.07) is 11.3. The zero-order valence-corrected chi connectivity index (χ0v) is 15.2. The molecule has 2 amide bonds. The Morgan fingerprint density at radius 3 is 2.58 bits per heavy atom. The molecule has 6 nitrogen and oxygen atoms in total. The summed E-state index contributed by atoms with van der Waals surface area (Å²) in [5.41, 5.74) is 1.79. The Labute approximate surface area is 156 Å². The lowest BCUT2D eigenvalue weighted by Crippen LogP contribution is -2.36.